The standard InChI is InChI=1S/C14H8O6/c15-8-7-11(9-3-1-5-18-9)20-14(17)12(8)13(16)10-4-2-6-19-10/h1-7,15H. The highest BCUT2D eigenvalue weighted by Crippen LogP contribution is 2.25. The number of hydrogen-bond acceptors (Lipinski definition) is 6. The molecule has 0 saturated heterocycles. The van der Waals surface area contributed by atoms with E-state index in [1.54, 1.807) is 12.1 Å². The zero-order valence-electron chi connectivity index (χ0n) is 10.0. The molecule has 0 unspecified atom stereocenters. The second kappa shape index (κ2) is 4.58. The first-order valence-electron chi connectivity index (χ1n) is 5.66. The molecule has 3 aromatic rings. The van der Waals surface area contributed by atoms with Crippen molar-refractivity contribution in [2.45, 2.75) is 0 Å². The first-order valence-corrected chi connectivity index (χ1v) is 5.66. The minimum absolute atomic E-state index is 0.0356. The van der Waals surface area contributed by atoms with E-state index in [4.69, 9.17) is 13.3 Å². The van der Waals surface area contributed by atoms with E-state index in [9.17, 15) is 14.7 Å². The van der Waals surface area contributed by atoms with Crippen molar-refractivity contribution in [2.75, 3.05) is 0 Å². The second-order valence-electron chi connectivity index (χ2n) is 3.94. The van der Waals surface area contributed by atoms with Crippen molar-refractivity contribution in [3.8, 4) is 17.3 Å². The maximum absolute atomic E-state index is 12.0. The molecule has 3 aromatic heterocycles. The molecule has 0 bridgehead atoms. The van der Waals surface area contributed by atoms with Crippen LogP contribution in [0.1, 0.15) is 16.1 Å². The monoisotopic (exact) mass is 272 g/mol. The van der Waals surface area contributed by atoms with Gasteiger partial charge >= 0.3 is 5.63 Å². The van der Waals surface area contributed by atoms with Gasteiger partial charge in [0.05, 0.1) is 12.5 Å². The first kappa shape index (κ1) is 12.0. The second-order valence-corrected chi connectivity index (χ2v) is 3.94. The molecule has 6 heteroatoms. The molecule has 0 amide bonds. The highest BCUT2D eigenvalue weighted by atomic mass is 16.4. The third-order valence-corrected chi connectivity index (χ3v) is 2.67. The van der Waals surface area contributed by atoms with Gasteiger partial charge in [-0.15, -0.1) is 0 Å². The van der Waals surface area contributed by atoms with Crippen molar-refractivity contribution in [1.82, 2.24) is 0 Å². The summed E-state index contributed by atoms with van der Waals surface area (Å²) < 4.78 is 14.9. The van der Waals surface area contributed by atoms with E-state index in [1.807, 2.05) is 0 Å². The lowest BCUT2D eigenvalue weighted by molar-refractivity contribution is 0.100. The molecule has 1 N–H and O–H groups in total. The van der Waals surface area contributed by atoms with Crippen molar-refractivity contribution >= 4 is 5.78 Å². The summed E-state index contributed by atoms with van der Waals surface area (Å²) in [6.45, 7) is 0. The molecule has 20 heavy (non-hydrogen) atoms. The molecule has 0 aliphatic heterocycles. The van der Waals surface area contributed by atoms with Crippen LogP contribution in [0.4, 0.5) is 0 Å². The fraction of sp³-hybridized carbons (Fsp3) is 0. The molecule has 0 radical (unpaired) electrons. The van der Waals surface area contributed by atoms with Gasteiger partial charge in [0.15, 0.2) is 22.8 Å². The Morgan fingerprint density at radius 3 is 2.40 bits per heavy atom. The molecule has 0 fully saturated rings. The van der Waals surface area contributed by atoms with Crippen LogP contribution in [-0.2, 0) is 0 Å². The van der Waals surface area contributed by atoms with E-state index in [-0.39, 0.29) is 17.3 Å². The van der Waals surface area contributed by atoms with Gasteiger partial charge in [0.25, 0.3) is 0 Å². The minimum atomic E-state index is -0.960. The van der Waals surface area contributed by atoms with Gasteiger partial charge in [-0.25, -0.2) is 4.79 Å². The molecular formula is C14H8O6. The molecule has 6 nitrogen and oxygen atoms in total. The Morgan fingerprint density at radius 1 is 1.05 bits per heavy atom. The van der Waals surface area contributed by atoms with E-state index in [0.717, 1.165) is 6.07 Å². The Hall–Kier alpha value is -3.02. The summed E-state index contributed by atoms with van der Waals surface area (Å²) >= 11 is 0. The third-order valence-electron chi connectivity index (χ3n) is 2.67. The van der Waals surface area contributed by atoms with E-state index in [1.165, 1.54) is 24.7 Å². The zero-order chi connectivity index (χ0) is 14.1. The molecule has 3 heterocycles. The van der Waals surface area contributed by atoms with Gasteiger partial charge in [-0.3, -0.25) is 4.79 Å². The highest BCUT2D eigenvalue weighted by Gasteiger charge is 2.23. The van der Waals surface area contributed by atoms with Crippen LogP contribution in [0.15, 0.2) is 60.9 Å². The fourth-order valence-electron chi connectivity index (χ4n) is 1.76. The number of hydrogen-bond donors (Lipinski definition) is 1. The highest BCUT2D eigenvalue weighted by molar-refractivity contribution is 6.08. The van der Waals surface area contributed by atoms with Gasteiger partial charge in [0, 0.05) is 6.07 Å². The van der Waals surface area contributed by atoms with Gasteiger partial charge in [-0.2, -0.15) is 0 Å². The molecule has 0 aromatic carbocycles. The first-order chi connectivity index (χ1) is 9.66. The van der Waals surface area contributed by atoms with Gasteiger partial charge in [-0.05, 0) is 24.3 Å². The van der Waals surface area contributed by atoms with Crippen LogP contribution >= 0.6 is 0 Å². The van der Waals surface area contributed by atoms with Crippen LogP contribution in [0.2, 0.25) is 0 Å². The van der Waals surface area contributed by atoms with Crippen molar-refractivity contribution in [1.29, 1.82) is 0 Å². The van der Waals surface area contributed by atoms with Crippen LogP contribution in [0.3, 0.4) is 0 Å². The minimum Gasteiger partial charge on any atom is -0.507 e. The topological polar surface area (TPSA) is 93.8 Å². The Bertz CT molecular complexity index is 793. The normalized spacial score (nSPS) is 10.6. The summed E-state index contributed by atoms with van der Waals surface area (Å²) in [5.41, 5.74) is -1.44. The smallest absolute Gasteiger partial charge is 0.351 e. The zero-order valence-corrected chi connectivity index (χ0v) is 10.0. The van der Waals surface area contributed by atoms with E-state index in [0.29, 0.717) is 0 Å². The Kier molecular flexibility index (Phi) is 2.76. The summed E-state index contributed by atoms with van der Waals surface area (Å²) in [5.74, 6) is -0.984. The quantitative estimate of drug-likeness (QED) is 0.736. The number of aromatic hydroxyl groups is 1. The number of rotatable bonds is 3. The number of furan rings is 2. The van der Waals surface area contributed by atoms with Crippen molar-refractivity contribution in [2.24, 2.45) is 0 Å². The Labute approximate surface area is 111 Å². The SMILES string of the molecule is O=C(c1ccco1)c1c(O)cc(-c2ccco2)oc1=O. The summed E-state index contributed by atoms with van der Waals surface area (Å²) in [7, 11) is 0. The molecule has 3 rings (SSSR count). The maximum atomic E-state index is 12.0. The Morgan fingerprint density at radius 2 is 1.80 bits per heavy atom. The molecule has 0 saturated carbocycles. The third kappa shape index (κ3) is 1.93. The maximum Gasteiger partial charge on any atom is 0.351 e. The van der Waals surface area contributed by atoms with Crippen molar-refractivity contribution in [3.63, 3.8) is 0 Å². The Balaban J connectivity index is 2.10. The van der Waals surface area contributed by atoms with Crippen molar-refractivity contribution in [3.05, 3.63) is 64.6 Å². The predicted octanol–water partition coefficient (Wildman–Crippen LogP) is 2.43. The summed E-state index contributed by atoms with van der Waals surface area (Å²) in [4.78, 5) is 23.9. The molecule has 0 spiro atoms. The largest absolute Gasteiger partial charge is 0.507 e. The van der Waals surface area contributed by atoms with Crippen LogP contribution in [0, 0.1) is 0 Å². The van der Waals surface area contributed by atoms with Gasteiger partial charge < -0.3 is 18.4 Å². The summed E-state index contributed by atoms with van der Waals surface area (Å²) in [6, 6.07) is 7.21. The van der Waals surface area contributed by atoms with Crippen LogP contribution < -0.4 is 5.63 Å². The number of carbonyl (C=O) groups excluding carboxylic acids is 1. The number of ketones is 1. The van der Waals surface area contributed by atoms with E-state index >= 15 is 0 Å². The molecular weight excluding hydrogens is 264 g/mol. The lowest BCUT2D eigenvalue weighted by Gasteiger charge is -2.02. The lowest BCUT2D eigenvalue weighted by atomic mass is 10.1. The predicted molar refractivity (Wildman–Crippen MR) is 66.5 cm³/mol. The molecule has 0 aliphatic carbocycles. The molecule has 0 atom stereocenters. The van der Waals surface area contributed by atoms with Gasteiger partial charge in [0.1, 0.15) is 5.75 Å². The average Bonchev–Trinajstić information content (AvgIpc) is 3.11. The molecule has 100 valence electrons. The van der Waals surface area contributed by atoms with Gasteiger partial charge in [0.2, 0.25) is 5.78 Å². The summed E-state index contributed by atoms with van der Waals surface area (Å²) in [6.07, 6.45) is 2.69. The van der Waals surface area contributed by atoms with Crippen LogP contribution in [0.5, 0.6) is 5.75 Å². The fourth-order valence-corrected chi connectivity index (χ4v) is 1.76. The van der Waals surface area contributed by atoms with E-state index in [2.05, 4.69) is 0 Å². The number of carbonyl (C=O) groups is 1. The molecule has 0 aliphatic rings. The van der Waals surface area contributed by atoms with Crippen LogP contribution in [-0.4, -0.2) is 10.9 Å². The van der Waals surface area contributed by atoms with Crippen molar-refractivity contribution < 1.29 is 23.2 Å². The van der Waals surface area contributed by atoms with Gasteiger partial charge in [-0.1, -0.05) is 0 Å². The van der Waals surface area contributed by atoms with Crippen LogP contribution in [0.25, 0.3) is 11.5 Å². The average molecular weight is 272 g/mol. The lowest BCUT2D eigenvalue weighted by Crippen LogP contribution is -2.15. The summed E-state index contributed by atoms with van der Waals surface area (Å²) in [5, 5.41) is 9.88. The van der Waals surface area contributed by atoms with E-state index < -0.39 is 22.7 Å².